The number of rotatable bonds is 6. The quantitative estimate of drug-likeness (QED) is 0.470. The number of aryl methyl sites for hydroxylation is 1. The number of hydrogen-bond donors (Lipinski definition) is 1. The maximum atomic E-state index is 13.8. The smallest absolute Gasteiger partial charge is 0.196 e. The molecule has 1 heterocycles. The zero-order chi connectivity index (χ0) is 19.2. The highest BCUT2D eigenvalue weighted by atomic mass is 35.5. The van der Waals surface area contributed by atoms with Gasteiger partial charge in [-0.2, -0.15) is 0 Å². The molecule has 0 fully saturated rings. The van der Waals surface area contributed by atoms with Crippen molar-refractivity contribution in [1.29, 1.82) is 0 Å². The third kappa shape index (κ3) is 5.50. The van der Waals surface area contributed by atoms with Crippen molar-refractivity contribution in [2.75, 3.05) is 0 Å². The first kappa shape index (κ1) is 21.3. The molecule has 2 N–H and O–H groups in total. The van der Waals surface area contributed by atoms with E-state index in [-0.39, 0.29) is 30.4 Å². The van der Waals surface area contributed by atoms with Crippen LogP contribution in [-0.4, -0.2) is 10.8 Å². The van der Waals surface area contributed by atoms with Crippen molar-refractivity contribution in [3.05, 3.63) is 89.1 Å². The Balaban J connectivity index is 0.00000280. The molecule has 7 heteroatoms. The van der Waals surface area contributed by atoms with Gasteiger partial charge in [0.25, 0.3) is 0 Å². The molecule has 3 rings (SSSR count). The van der Waals surface area contributed by atoms with Gasteiger partial charge in [-0.3, -0.25) is 0 Å². The number of aliphatic imine (C=N–C) groups is 1. The Morgan fingerprint density at radius 2 is 1.68 bits per heavy atom. The molecule has 0 aliphatic rings. The van der Waals surface area contributed by atoms with Gasteiger partial charge in [0.2, 0.25) is 0 Å². The highest BCUT2D eigenvalue weighted by molar-refractivity contribution is 5.85. The van der Waals surface area contributed by atoms with Crippen LogP contribution in [0.5, 0.6) is 5.75 Å². The zero-order valence-corrected chi connectivity index (χ0v) is 16.0. The van der Waals surface area contributed by atoms with E-state index >= 15 is 0 Å². The normalized spacial score (nSPS) is 11.0. The van der Waals surface area contributed by atoms with Gasteiger partial charge in [-0.25, -0.2) is 18.8 Å². The predicted octanol–water partition coefficient (Wildman–Crippen LogP) is 4.90. The van der Waals surface area contributed by atoms with Gasteiger partial charge in [0.15, 0.2) is 11.6 Å². The SMILES string of the molecule is Cc1ccc(OCc2c(F)cccc2F)c(/N=C(/N)Cc2ccccc2)n1.Cl. The van der Waals surface area contributed by atoms with Crippen LogP contribution in [-0.2, 0) is 13.0 Å². The molecule has 2 aromatic carbocycles. The maximum Gasteiger partial charge on any atom is 0.196 e. The molecular weight excluding hydrogens is 384 g/mol. The molecule has 0 bridgehead atoms. The summed E-state index contributed by atoms with van der Waals surface area (Å²) in [6.45, 7) is 1.54. The number of hydrogen-bond acceptors (Lipinski definition) is 3. The van der Waals surface area contributed by atoms with Gasteiger partial charge in [-0.1, -0.05) is 36.4 Å². The molecule has 0 saturated heterocycles. The molecular formula is C21H20ClF2N3O. The Labute approximate surface area is 168 Å². The molecule has 146 valence electrons. The summed E-state index contributed by atoms with van der Waals surface area (Å²) in [7, 11) is 0. The van der Waals surface area contributed by atoms with Gasteiger partial charge >= 0.3 is 0 Å². The fraction of sp³-hybridized carbons (Fsp3) is 0.143. The lowest BCUT2D eigenvalue weighted by atomic mass is 10.1. The summed E-state index contributed by atoms with van der Waals surface area (Å²) in [4.78, 5) is 8.67. The van der Waals surface area contributed by atoms with Crippen molar-refractivity contribution >= 4 is 24.1 Å². The predicted molar refractivity (Wildman–Crippen MR) is 108 cm³/mol. The third-order valence-corrected chi connectivity index (χ3v) is 3.89. The molecule has 0 saturated carbocycles. The van der Waals surface area contributed by atoms with E-state index in [2.05, 4.69) is 9.98 Å². The highest BCUT2D eigenvalue weighted by Gasteiger charge is 2.12. The molecule has 0 aliphatic carbocycles. The second-order valence-corrected chi connectivity index (χ2v) is 6.03. The van der Waals surface area contributed by atoms with Crippen molar-refractivity contribution in [2.24, 2.45) is 10.7 Å². The van der Waals surface area contributed by atoms with E-state index < -0.39 is 11.6 Å². The largest absolute Gasteiger partial charge is 0.485 e. The fourth-order valence-electron chi connectivity index (χ4n) is 2.52. The van der Waals surface area contributed by atoms with Gasteiger partial charge in [-0.05, 0) is 36.8 Å². The average molecular weight is 404 g/mol. The summed E-state index contributed by atoms with van der Waals surface area (Å²) < 4.78 is 33.2. The Morgan fingerprint density at radius 3 is 2.36 bits per heavy atom. The second kappa shape index (κ2) is 9.80. The van der Waals surface area contributed by atoms with E-state index in [0.717, 1.165) is 11.3 Å². The maximum absolute atomic E-state index is 13.8. The van der Waals surface area contributed by atoms with Crippen LogP contribution in [0.2, 0.25) is 0 Å². The number of benzene rings is 2. The zero-order valence-electron chi connectivity index (χ0n) is 15.2. The molecule has 3 aromatic rings. The van der Waals surface area contributed by atoms with Crippen LogP contribution in [0.3, 0.4) is 0 Å². The Bertz CT molecular complexity index is 945. The monoisotopic (exact) mass is 403 g/mol. The molecule has 0 atom stereocenters. The summed E-state index contributed by atoms with van der Waals surface area (Å²) in [6.07, 6.45) is 0.456. The van der Waals surface area contributed by atoms with E-state index in [1.54, 1.807) is 12.1 Å². The van der Waals surface area contributed by atoms with Gasteiger partial charge in [0.05, 0.1) is 5.56 Å². The number of nitrogens with zero attached hydrogens (tertiary/aromatic N) is 2. The molecule has 0 aliphatic heterocycles. The Morgan fingerprint density at radius 1 is 1.00 bits per heavy atom. The Kier molecular flexibility index (Phi) is 7.46. The summed E-state index contributed by atoms with van der Waals surface area (Å²) in [6, 6.07) is 16.7. The molecule has 1 aromatic heterocycles. The average Bonchev–Trinajstić information content (AvgIpc) is 2.63. The van der Waals surface area contributed by atoms with Gasteiger partial charge < -0.3 is 10.5 Å². The minimum Gasteiger partial charge on any atom is -0.485 e. The fourth-order valence-corrected chi connectivity index (χ4v) is 2.52. The number of nitrogens with two attached hydrogens (primary N) is 1. The van der Waals surface area contributed by atoms with Crippen LogP contribution >= 0.6 is 12.4 Å². The van der Waals surface area contributed by atoms with Crippen LogP contribution in [0.15, 0.2) is 65.7 Å². The van der Waals surface area contributed by atoms with Crippen LogP contribution in [0.1, 0.15) is 16.8 Å². The standard InChI is InChI=1S/C21H19F2N3O.ClH/c1-14-10-11-19(27-13-16-17(22)8-5-9-18(16)23)21(25-14)26-20(24)12-15-6-3-2-4-7-15;/h2-11H,12-13H2,1H3,(H2,24,25,26);1H. The van der Waals surface area contributed by atoms with E-state index in [1.807, 2.05) is 37.3 Å². The van der Waals surface area contributed by atoms with E-state index in [1.165, 1.54) is 18.2 Å². The number of ether oxygens (including phenoxy) is 1. The van der Waals surface area contributed by atoms with Crippen molar-refractivity contribution in [1.82, 2.24) is 4.98 Å². The van der Waals surface area contributed by atoms with Gasteiger partial charge in [0, 0.05) is 12.1 Å². The third-order valence-electron chi connectivity index (χ3n) is 3.89. The van der Waals surface area contributed by atoms with Crippen LogP contribution in [0, 0.1) is 18.6 Å². The molecule has 0 spiro atoms. The van der Waals surface area contributed by atoms with Gasteiger partial charge in [-0.15, -0.1) is 12.4 Å². The van der Waals surface area contributed by atoms with Crippen LogP contribution < -0.4 is 10.5 Å². The van der Waals surface area contributed by atoms with Crippen molar-refractivity contribution in [3.8, 4) is 5.75 Å². The van der Waals surface area contributed by atoms with Crippen molar-refractivity contribution in [2.45, 2.75) is 20.0 Å². The first-order valence-corrected chi connectivity index (χ1v) is 8.43. The molecule has 0 amide bonds. The molecule has 28 heavy (non-hydrogen) atoms. The number of halogens is 3. The van der Waals surface area contributed by atoms with E-state index in [9.17, 15) is 8.78 Å². The molecule has 0 radical (unpaired) electrons. The lowest BCUT2D eigenvalue weighted by Gasteiger charge is -2.11. The summed E-state index contributed by atoms with van der Waals surface area (Å²) >= 11 is 0. The van der Waals surface area contributed by atoms with Gasteiger partial charge in [0.1, 0.15) is 24.1 Å². The van der Waals surface area contributed by atoms with Crippen LogP contribution in [0.25, 0.3) is 0 Å². The van der Waals surface area contributed by atoms with Crippen molar-refractivity contribution in [3.63, 3.8) is 0 Å². The number of pyridine rings is 1. The summed E-state index contributed by atoms with van der Waals surface area (Å²) in [5.74, 6) is -0.381. The first-order valence-electron chi connectivity index (χ1n) is 8.43. The number of amidine groups is 1. The minimum absolute atomic E-state index is 0. The lowest BCUT2D eigenvalue weighted by Crippen LogP contribution is -2.14. The van der Waals surface area contributed by atoms with Crippen molar-refractivity contribution < 1.29 is 13.5 Å². The lowest BCUT2D eigenvalue weighted by molar-refractivity contribution is 0.292. The molecule has 4 nitrogen and oxygen atoms in total. The first-order chi connectivity index (χ1) is 13.0. The summed E-state index contributed by atoms with van der Waals surface area (Å²) in [5.41, 5.74) is 7.64. The molecule has 0 unspecified atom stereocenters. The summed E-state index contributed by atoms with van der Waals surface area (Å²) in [5, 5.41) is 0. The number of aromatic nitrogens is 1. The van der Waals surface area contributed by atoms with Crippen LogP contribution in [0.4, 0.5) is 14.6 Å². The Hall–Kier alpha value is -2.99. The van der Waals surface area contributed by atoms with E-state index in [4.69, 9.17) is 10.5 Å². The second-order valence-electron chi connectivity index (χ2n) is 6.03. The van der Waals surface area contributed by atoms with E-state index in [0.29, 0.717) is 18.0 Å². The topological polar surface area (TPSA) is 60.5 Å². The highest BCUT2D eigenvalue weighted by Crippen LogP contribution is 2.27. The minimum atomic E-state index is -0.663.